The Morgan fingerprint density at radius 3 is 2.88 bits per heavy atom. The number of carbonyl (C=O) groups excluding carboxylic acids is 1. The van der Waals surface area contributed by atoms with Crippen molar-refractivity contribution in [1.82, 2.24) is 15.2 Å². The summed E-state index contributed by atoms with van der Waals surface area (Å²) in [5.74, 6) is 0.0153. The molecule has 0 radical (unpaired) electrons. The Morgan fingerprint density at radius 2 is 2.31 bits per heavy atom. The number of halogens is 1. The first-order valence-electron chi connectivity index (χ1n) is 5.36. The van der Waals surface area contributed by atoms with Crippen molar-refractivity contribution in [2.24, 2.45) is 0 Å². The third-order valence-corrected chi connectivity index (χ3v) is 2.96. The SMILES string of the molecule is CC1(C)CN(C(=O)c2cc(Cl)c[nH]2)CCN1. The molecule has 0 unspecified atom stereocenters. The number of rotatable bonds is 1. The zero-order chi connectivity index (χ0) is 11.8. The monoisotopic (exact) mass is 241 g/mol. The Bertz CT molecular complexity index is 400. The molecule has 2 rings (SSSR count). The van der Waals surface area contributed by atoms with Crippen LogP contribution in [0.4, 0.5) is 0 Å². The van der Waals surface area contributed by atoms with Gasteiger partial charge in [-0.25, -0.2) is 0 Å². The number of nitrogens with one attached hydrogen (secondary N) is 2. The molecule has 1 amide bonds. The Kier molecular flexibility index (Phi) is 2.95. The van der Waals surface area contributed by atoms with Crippen LogP contribution in [0.25, 0.3) is 0 Å². The summed E-state index contributed by atoms with van der Waals surface area (Å²) in [4.78, 5) is 16.8. The molecule has 0 atom stereocenters. The molecule has 88 valence electrons. The summed E-state index contributed by atoms with van der Waals surface area (Å²) in [5.41, 5.74) is 0.535. The van der Waals surface area contributed by atoms with Crippen LogP contribution in [0.15, 0.2) is 12.3 Å². The predicted octanol–water partition coefficient (Wildman–Crippen LogP) is 1.49. The number of nitrogens with zero attached hydrogens (tertiary/aromatic N) is 1. The summed E-state index contributed by atoms with van der Waals surface area (Å²) in [6.07, 6.45) is 1.63. The average Bonchev–Trinajstić information content (AvgIpc) is 2.62. The van der Waals surface area contributed by atoms with Crippen molar-refractivity contribution in [2.75, 3.05) is 19.6 Å². The van der Waals surface area contributed by atoms with E-state index in [-0.39, 0.29) is 11.4 Å². The molecule has 5 heteroatoms. The maximum absolute atomic E-state index is 12.1. The minimum absolute atomic E-state index is 0.0153. The number of piperazine rings is 1. The number of hydrogen-bond donors (Lipinski definition) is 2. The van der Waals surface area contributed by atoms with E-state index in [9.17, 15) is 4.79 Å². The third kappa shape index (κ3) is 2.39. The highest BCUT2D eigenvalue weighted by atomic mass is 35.5. The van der Waals surface area contributed by atoms with Crippen LogP contribution in [0.1, 0.15) is 24.3 Å². The number of hydrogen-bond acceptors (Lipinski definition) is 2. The van der Waals surface area contributed by atoms with Crippen molar-refractivity contribution in [1.29, 1.82) is 0 Å². The van der Waals surface area contributed by atoms with E-state index < -0.39 is 0 Å². The standard InChI is InChI=1S/C11H16ClN3O/c1-11(2)7-15(4-3-14-11)10(16)9-5-8(12)6-13-9/h5-6,13-14H,3-4,7H2,1-2H3. The second-order valence-electron chi connectivity index (χ2n) is 4.77. The van der Waals surface area contributed by atoms with Crippen LogP contribution in [0.3, 0.4) is 0 Å². The highest BCUT2D eigenvalue weighted by molar-refractivity contribution is 6.30. The van der Waals surface area contributed by atoms with Gasteiger partial charge in [0.1, 0.15) is 5.69 Å². The molecular weight excluding hydrogens is 226 g/mol. The fraction of sp³-hybridized carbons (Fsp3) is 0.545. The minimum atomic E-state index is -0.0235. The van der Waals surface area contributed by atoms with E-state index in [1.807, 2.05) is 4.90 Å². The van der Waals surface area contributed by atoms with Gasteiger partial charge >= 0.3 is 0 Å². The summed E-state index contributed by atoms with van der Waals surface area (Å²) >= 11 is 5.79. The quantitative estimate of drug-likeness (QED) is 0.783. The van der Waals surface area contributed by atoms with Crippen molar-refractivity contribution in [3.63, 3.8) is 0 Å². The van der Waals surface area contributed by atoms with Gasteiger partial charge in [-0.05, 0) is 19.9 Å². The molecule has 2 N–H and O–H groups in total. The van der Waals surface area contributed by atoms with Crippen molar-refractivity contribution < 1.29 is 4.79 Å². The van der Waals surface area contributed by atoms with Gasteiger partial charge in [0.25, 0.3) is 5.91 Å². The van der Waals surface area contributed by atoms with E-state index in [1.54, 1.807) is 12.3 Å². The molecule has 1 aliphatic rings. The number of aromatic nitrogens is 1. The lowest BCUT2D eigenvalue weighted by Crippen LogP contribution is -2.58. The topological polar surface area (TPSA) is 48.1 Å². The lowest BCUT2D eigenvalue weighted by atomic mass is 10.0. The minimum Gasteiger partial charge on any atom is -0.356 e. The Hall–Kier alpha value is -1.00. The summed E-state index contributed by atoms with van der Waals surface area (Å²) in [6, 6.07) is 1.67. The van der Waals surface area contributed by atoms with E-state index in [0.29, 0.717) is 17.3 Å². The number of amides is 1. The Balaban J connectivity index is 2.10. The first kappa shape index (κ1) is 11.5. The van der Waals surface area contributed by atoms with E-state index in [0.717, 1.165) is 13.1 Å². The summed E-state index contributed by atoms with van der Waals surface area (Å²) in [6.45, 7) is 6.46. The second-order valence-corrected chi connectivity index (χ2v) is 5.21. The number of carbonyl (C=O) groups is 1. The molecule has 1 saturated heterocycles. The van der Waals surface area contributed by atoms with Gasteiger partial charge in [-0.15, -0.1) is 0 Å². The molecule has 1 aromatic rings. The van der Waals surface area contributed by atoms with Gasteiger partial charge in [0.05, 0.1) is 5.02 Å². The first-order chi connectivity index (χ1) is 7.48. The van der Waals surface area contributed by atoms with Crippen molar-refractivity contribution >= 4 is 17.5 Å². The molecule has 0 aromatic carbocycles. The summed E-state index contributed by atoms with van der Waals surface area (Å²) < 4.78 is 0. The fourth-order valence-corrected chi connectivity index (χ4v) is 2.14. The summed E-state index contributed by atoms with van der Waals surface area (Å²) in [5, 5.41) is 3.94. The second kappa shape index (κ2) is 4.11. The van der Waals surface area contributed by atoms with Crippen LogP contribution in [-0.2, 0) is 0 Å². The van der Waals surface area contributed by atoms with E-state index in [2.05, 4.69) is 24.1 Å². The predicted molar refractivity (Wildman–Crippen MR) is 63.8 cm³/mol. The zero-order valence-electron chi connectivity index (χ0n) is 9.51. The van der Waals surface area contributed by atoms with E-state index in [4.69, 9.17) is 11.6 Å². The summed E-state index contributed by atoms with van der Waals surface area (Å²) in [7, 11) is 0. The molecule has 4 nitrogen and oxygen atoms in total. The van der Waals surface area contributed by atoms with Gasteiger partial charge in [-0.2, -0.15) is 0 Å². The lowest BCUT2D eigenvalue weighted by Gasteiger charge is -2.38. The van der Waals surface area contributed by atoms with E-state index >= 15 is 0 Å². The molecule has 16 heavy (non-hydrogen) atoms. The lowest BCUT2D eigenvalue weighted by molar-refractivity contribution is 0.0647. The molecule has 1 aromatic heterocycles. The largest absolute Gasteiger partial charge is 0.356 e. The molecule has 2 heterocycles. The molecule has 0 saturated carbocycles. The van der Waals surface area contributed by atoms with Gasteiger partial charge in [-0.3, -0.25) is 4.79 Å². The Labute approximate surface area is 100.0 Å². The molecule has 1 aliphatic heterocycles. The Morgan fingerprint density at radius 1 is 1.56 bits per heavy atom. The van der Waals surface area contributed by atoms with Gasteiger partial charge in [0, 0.05) is 31.4 Å². The smallest absolute Gasteiger partial charge is 0.270 e. The molecule has 0 aliphatic carbocycles. The van der Waals surface area contributed by atoms with Crippen LogP contribution >= 0.6 is 11.6 Å². The number of H-pyrrole nitrogens is 1. The van der Waals surface area contributed by atoms with Crippen LogP contribution in [0.5, 0.6) is 0 Å². The van der Waals surface area contributed by atoms with Crippen LogP contribution in [0.2, 0.25) is 5.02 Å². The fourth-order valence-electron chi connectivity index (χ4n) is 1.98. The van der Waals surface area contributed by atoms with Crippen molar-refractivity contribution in [3.05, 3.63) is 23.0 Å². The molecular formula is C11H16ClN3O. The highest BCUT2D eigenvalue weighted by Crippen LogP contribution is 2.15. The van der Waals surface area contributed by atoms with Crippen molar-refractivity contribution in [3.8, 4) is 0 Å². The molecule has 0 spiro atoms. The average molecular weight is 242 g/mol. The van der Waals surface area contributed by atoms with E-state index in [1.165, 1.54) is 0 Å². The van der Waals surface area contributed by atoms with Gasteiger partial charge in [-0.1, -0.05) is 11.6 Å². The zero-order valence-corrected chi connectivity index (χ0v) is 10.3. The van der Waals surface area contributed by atoms with Crippen molar-refractivity contribution in [2.45, 2.75) is 19.4 Å². The third-order valence-electron chi connectivity index (χ3n) is 2.74. The first-order valence-corrected chi connectivity index (χ1v) is 5.74. The van der Waals surface area contributed by atoms with Gasteiger partial charge in [0.15, 0.2) is 0 Å². The maximum Gasteiger partial charge on any atom is 0.270 e. The number of aromatic amines is 1. The van der Waals surface area contributed by atoms with Crippen LogP contribution in [0, 0.1) is 0 Å². The highest BCUT2D eigenvalue weighted by Gasteiger charge is 2.29. The molecule has 1 fully saturated rings. The van der Waals surface area contributed by atoms with Gasteiger partial charge in [0.2, 0.25) is 0 Å². The van der Waals surface area contributed by atoms with Crippen LogP contribution < -0.4 is 5.32 Å². The maximum atomic E-state index is 12.1. The molecule has 0 bridgehead atoms. The van der Waals surface area contributed by atoms with Gasteiger partial charge < -0.3 is 15.2 Å². The van der Waals surface area contributed by atoms with Crippen LogP contribution in [-0.4, -0.2) is 41.0 Å². The normalized spacial score (nSPS) is 19.8.